The molecule has 0 heterocycles. The first kappa shape index (κ1) is 12.0. The molecule has 0 saturated heterocycles. The van der Waals surface area contributed by atoms with Gasteiger partial charge in [-0.1, -0.05) is 45.0 Å². The third-order valence-corrected chi connectivity index (χ3v) is 4.84. The number of rotatable bonds is 1. The van der Waals surface area contributed by atoms with Crippen LogP contribution in [0.3, 0.4) is 0 Å². The first-order valence-electron chi connectivity index (χ1n) is 7.07. The van der Waals surface area contributed by atoms with Gasteiger partial charge < -0.3 is 0 Å². The lowest BCUT2D eigenvalue weighted by Crippen LogP contribution is -2.21. The predicted octanol–water partition coefficient (Wildman–Crippen LogP) is 3.99. The van der Waals surface area contributed by atoms with Gasteiger partial charge in [-0.15, -0.1) is 0 Å². The van der Waals surface area contributed by atoms with Gasteiger partial charge in [0.1, 0.15) is 5.78 Å². The Morgan fingerprint density at radius 1 is 1.17 bits per heavy atom. The molecule has 2 unspecified atom stereocenters. The molecule has 0 aliphatic heterocycles. The molecular weight excluding hydrogens is 220 g/mol. The Labute approximate surface area is 110 Å². The summed E-state index contributed by atoms with van der Waals surface area (Å²) >= 11 is 0. The summed E-state index contributed by atoms with van der Waals surface area (Å²) in [5.41, 5.74) is 3.21. The van der Waals surface area contributed by atoms with Crippen molar-refractivity contribution >= 4 is 5.78 Å². The molecule has 0 amide bonds. The molecular formula is C17H22O. The summed E-state index contributed by atoms with van der Waals surface area (Å²) in [6.07, 6.45) is 4.20. The molecule has 2 aliphatic carbocycles. The van der Waals surface area contributed by atoms with E-state index in [2.05, 4.69) is 45.0 Å². The molecule has 0 spiro atoms. The lowest BCUT2D eigenvalue weighted by atomic mass is 9.80. The van der Waals surface area contributed by atoms with Crippen molar-refractivity contribution < 1.29 is 4.79 Å². The van der Waals surface area contributed by atoms with Crippen LogP contribution in [0.4, 0.5) is 0 Å². The van der Waals surface area contributed by atoms with Crippen molar-refractivity contribution in [3.05, 3.63) is 35.4 Å². The second-order valence-corrected chi connectivity index (χ2v) is 7.06. The van der Waals surface area contributed by atoms with E-state index in [-0.39, 0.29) is 10.8 Å². The fourth-order valence-electron chi connectivity index (χ4n) is 3.52. The lowest BCUT2D eigenvalue weighted by Gasteiger charge is -2.24. The monoisotopic (exact) mass is 242 g/mol. The van der Waals surface area contributed by atoms with Gasteiger partial charge in [0.25, 0.3) is 0 Å². The molecule has 0 N–H and O–H groups in total. The highest BCUT2D eigenvalue weighted by molar-refractivity contribution is 5.87. The van der Waals surface area contributed by atoms with Crippen LogP contribution >= 0.6 is 0 Å². The van der Waals surface area contributed by atoms with Crippen molar-refractivity contribution in [2.45, 2.75) is 57.3 Å². The minimum Gasteiger partial charge on any atom is -0.299 e. The third-order valence-electron chi connectivity index (χ3n) is 4.84. The molecule has 0 aromatic heterocycles. The highest BCUT2D eigenvalue weighted by Crippen LogP contribution is 2.60. The van der Waals surface area contributed by atoms with E-state index in [1.807, 2.05) is 0 Å². The number of hydrogen-bond acceptors (Lipinski definition) is 1. The Bertz CT molecular complexity index is 477. The molecule has 1 heteroatoms. The first-order valence-corrected chi connectivity index (χ1v) is 7.07. The van der Waals surface area contributed by atoms with Crippen molar-refractivity contribution in [2.75, 3.05) is 0 Å². The minimum absolute atomic E-state index is 0.210. The van der Waals surface area contributed by atoms with Crippen molar-refractivity contribution in [3.8, 4) is 0 Å². The SMILES string of the molecule is CC(C)(C)c1ccc(C23CCCC(=O)C2C3)cc1. The second-order valence-electron chi connectivity index (χ2n) is 7.06. The van der Waals surface area contributed by atoms with E-state index in [4.69, 9.17) is 0 Å². The number of carbonyl (C=O) groups is 1. The average molecular weight is 242 g/mol. The van der Waals surface area contributed by atoms with Crippen molar-refractivity contribution in [2.24, 2.45) is 5.92 Å². The summed E-state index contributed by atoms with van der Waals surface area (Å²) in [6.45, 7) is 6.72. The van der Waals surface area contributed by atoms with E-state index >= 15 is 0 Å². The van der Waals surface area contributed by atoms with Gasteiger partial charge >= 0.3 is 0 Å². The van der Waals surface area contributed by atoms with Crippen molar-refractivity contribution in [3.63, 3.8) is 0 Å². The van der Waals surface area contributed by atoms with Gasteiger partial charge in [-0.05, 0) is 35.8 Å². The molecule has 2 saturated carbocycles. The first-order chi connectivity index (χ1) is 8.43. The molecule has 96 valence electrons. The summed E-state index contributed by atoms with van der Waals surface area (Å²) in [7, 11) is 0. The molecule has 1 aromatic rings. The molecule has 0 radical (unpaired) electrons. The number of carbonyl (C=O) groups excluding carboxylic acids is 1. The Morgan fingerprint density at radius 2 is 1.83 bits per heavy atom. The molecule has 1 nitrogen and oxygen atoms in total. The van der Waals surface area contributed by atoms with Crippen LogP contribution < -0.4 is 0 Å². The summed E-state index contributed by atoms with van der Waals surface area (Å²) in [4.78, 5) is 11.8. The Hall–Kier alpha value is -1.11. The minimum atomic E-state index is 0.210. The van der Waals surface area contributed by atoms with E-state index in [1.165, 1.54) is 17.5 Å². The maximum absolute atomic E-state index is 11.8. The van der Waals surface area contributed by atoms with Crippen molar-refractivity contribution in [1.29, 1.82) is 0 Å². The quantitative estimate of drug-likeness (QED) is 0.727. The van der Waals surface area contributed by atoms with Gasteiger partial charge in [0.05, 0.1) is 0 Å². The molecule has 2 fully saturated rings. The van der Waals surface area contributed by atoms with Gasteiger partial charge in [0, 0.05) is 17.8 Å². The summed E-state index contributed by atoms with van der Waals surface area (Å²) < 4.78 is 0. The van der Waals surface area contributed by atoms with Gasteiger partial charge in [-0.2, -0.15) is 0 Å². The molecule has 1 aromatic carbocycles. The van der Waals surface area contributed by atoms with Crippen LogP contribution in [0.25, 0.3) is 0 Å². The summed E-state index contributed by atoms with van der Waals surface area (Å²) in [5, 5.41) is 0. The number of ketones is 1. The number of fused-ring (bicyclic) bond motifs is 1. The second kappa shape index (κ2) is 3.69. The Kier molecular flexibility index (Phi) is 2.45. The maximum Gasteiger partial charge on any atom is 0.136 e. The molecule has 2 aliphatic rings. The highest BCUT2D eigenvalue weighted by atomic mass is 16.1. The number of Topliss-reactive ketones (excluding diaryl/α,β-unsaturated/α-hetero) is 1. The summed E-state index contributed by atoms with van der Waals surface area (Å²) in [5.74, 6) is 0.841. The zero-order chi connectivity index (χ0) is 13.0. The van der Waals surface area contributed by atoms with Gasteiger partial charge in [-0.25, -0.2) is 0 Å². The van der Waals surface area contributed by atoms with E-state index in [0.717, 1.165) is 19.3 Å². The fourth-order valence-corrected chi connectivity index (χ4v) is 3.52. The molecule has 18 heavy (non-hydrogen) atoms. The van der Waals surface area contributed by atoms with E-state index in [0.29, 0.717) is 11.7 Å². The lowest BCUT2D eigenvalue weighted by molar-refractivity contribution is -0.121. The van der Waals surface area contributed by atoms with Crippen LogP contribution in [0.15, 0.2) is 24.3 Å². The van der Waals surface area contributed by atoms with Crippen LogP contribution in [0.5, 0.6) is 0 Å². The summed E-state index contributed by atoms with van der Waals surface area (Å²) in [6, 6.07) is 9.02. The molecule has 2 atom stereocenters. The van der Waals surface area contributed by atoms with E-state index in [9.17, 15) is 4.79 Å². The van der Waals surface area contributed by atoms with E-state index in [1.54, 1.807) is 0 Å². The normalized spacial score (nSPS) is 31.1. The Balaban J connectivity index is 1.89. The molecule has 0 bridgehead atoms. The van der Waals surface area contributed by atoms with Crippen LogP contribution in [0.1, 0.15) is 57.6 Å². The van der Waals surface area contributed by atoms with Gasteiger partial charge in [0.2, 0.25) is 0 Å². The van der Waals surface area contributed by atoms with Gasteiger partial charge in [0.15, 0.2) is 0 Å². The third kappa shape index (κ3) is 1.72. The van der Waals surface area contributed by atoms with Crippen molar-refractivity contribution in [1.82, 2.24) is 0 Å². The standard InChI is InChI=1S/C17H22O/c1-16(2,3)12-6-8-13(9-7-12)17-10-4-5-15(18)14(17)11-17/h6-9,14H,4-5,10-11H2,1-3H3. The zero-order valence-electron chi connectivity index (χ0n) is 11.6. The predicted molar refractivity (Wildman–Crippen MR) is 73.8 cm³/mol. The van der Waals surface area contributed by atoms with Crippen LogP contribution in [-0.2, 0) is 15.6 Å². The Morgan fingerprint density at radius 3 is 2.44 bits per heavy atom. The largest absolute Gasteiger partial charge is 0.299 e. The number of hydrogen-bond donors (Lipinski definition) is 0. The smallest absolute Gasteiger partial charge is 0.136 e. The highest BCUT2D eigenvalue weighted by Gasteiger charge is 2.59. The zero-order valence-corrected chi connectivity index (χ0v) is 11.6. The number of benzene rings is 1. The van der Waals surface area contributed by atoms with Crippen LogP contribution in [0, 0.1) is 5.92 Å². The van der Waals surface area contributed by atoms with E-state index < -0.39 is 0 Å². The van der Waals surface area contributed by atoms with Crippen LogP contribution in [-0.4, -0.2) is 5.78 Å². The molecule has 3 rings (SSSR count). The van der Waals surface area contributed by atoms with Gasteiger partial charge in [-0.3, -0.25) is 4.79 Å². The van der Waals surface area contributed by atoms with Crippen LogP contribution in [0.2, 0.25) is 0 Å². The average Bonchev–Trinajstić information content (AvgIpc) is 3.06. The maximum atomic E-state index is 11.8. The topological polar surface area (TPSA) is 17.1 Å². The fraction of sp³-hybridized carbons (Fsp3) is 0.588.